The molecule has 1 aromatic rings. The Morgan fingerprint density at radius 2 is 1.96 bits per heavy atom. The molecule has 2 amide bonds. The molecule has 1 fully saturated rings. The van der Waals surface area contributed by atoms with Crippen LogP contribution in [0.25, 0.3) is 0 Å². The molecule has 28 heavy (non-hydrogen) atoms. The van der Waals surface area contributed by atoms with Crippen molar-refractivity contribution in [3.05, 3.63) is 35.9 Å². The molecule has 0 spiro atoms. The van der Waals surface area contributed by atoms with Crippen LogP contribution in [-0.4, -0.2) is 59.1 Å². The molecule has 0 aromatic heterocycles. The maximum Gasteiger partial charge on any atom is 0.412 e. The molecule has 1 heterocycles. The molecule has 0 unspecified atom stereocenters. The van der Waals surface area contributed by atoms with Crippen LogP contribution in [0.2, 0.25) is 0 Å². The lowest BCUT2D eigenvalue weighted by molar-refractivity contribution is -0.0633. The molecule has 156 valence electrons. The summed E-state index contributed by atoms with van der Waals surface area (Å²) in [6.45, 7) is 9.95. The summed E-state index contributed by atoms with van der Waals surface area (Å²) < 4.78 is 25.3. The highest BCUT2D eigenvalue weighted by atomic mass is 16.6. The normalized spacial score (nSPS) is 20.3. The molecule has 1 aliphatic heterocycles. The molecule has 7 nitrogen and oxygen atoms in total. The van der Waals surface area contributed by atoms with Gasteiger partial charge in [-0.15, -0.1) is 0 Å². The van der Waals surface area contributed by atoms with Gasteiger partial charge in [0.15, 0.2) is 0 Å². The molecule has 1 saturated heterocycles. The van der Waals surface area contributed by atoms with Crippen molar-refractivity contribution in [3.63, 3.8) is 0 Å². The third-order valence-corrected chi connectivity index (χ3v) is 4.16. The number of carbonyl (C=O) groups excluding carboxylic acids is 2. The van der Waals surface area contributed by atoms with Crippen LogP contribution in [-0.2, 0) is 20.8 Å². The Bertz CT molecular complexity index is 705. The standard InChI is InChI=1S/C21H32N2O5/c1-7-26-18(24)22(13-16-11-9-8-10-12-16)14-17-15-27-21(5,6)23(17)19(25)28-20(2,3)4/h8-12,17H,7,13-15H2,1-6H3/t17-/m1/s1/i14D/t14-,17+/m0. The Labute approximate surface area is 168 Å². The van der Waals surface area contributed by atoms with Gasteiger partial charge in [-0.1, -0.05) is 30.3 Å². The Morgan fingerprint density at radius 1 is 1.32 bits per heavy atom. The highest BCUT2D eigenvalue weighted by molar-refractivity contribution is 5.70. The second-order valence-corrected chi connectivity index (χ2v) is 8.14. The van der Waals surface area contributed by atoms with E-state index in [1.54, 1.807) is 41.5 Å². The van der Waals surface area contributed by atoms with Crippen LogP contribution in [0.1, 0.15) is 48.5 Å². The molecular formula is C21H32N2O5. The van der Waals surface area contributed by atoms with Gasteiger partial charge in [0, 0.05) is 13.1 Å². The van der Waals surface area contributed by atoms with E-state index in [1.165, 1.54) is 9.80 Å². The number of nitrogens with zero attached hydrogens (tertiary/aromatic N) is 2. The summed E-state index contributed by atoms with van der Waals surface area (Å²) >= 11 is 0. The molecule has 0 radical (unpaired) electrons. The van der Waals surface area contributed by atoms with Gasteiger partial charge in [0.2, 0.25) is 0 Å². The predicted octanol–water partition coefficient (Wildman–Crippen LogP) is 4.02. The fourth-order valence-electron chi connectivity index (χ4n) is 2.98. The van der Waals surface area contributed by atoms with Crippen LogP contribution < -0.4 is 0 Å². The lowest BCUT2D eigenvalue weighted by atomic mass is 10.1. The first-order chi connectivity index (χ1) is 13.5. The van der Waals surface area contributed by atoms with Crippen LogP contribution in [0.3, 0.4) is 0 Å². The van der Waals surface area contributed by atoms with E-state index < -0.39 is 36.1 Å². The van der Waals surface area contributed by atoms with E-state index in [0.717, 1.165) is 5.56 Å². The zero-order chi connectivity index (χ0) is 21.8. The van der Waals surface area contributed by atoms with Crippen LogP contribution in [0.4, 0.5) is 9.59 Å². The summed E-state index contributed by atoms with van der Waals surface area (Å²) in [7, 11) is 0. The van der Waals surface area contributed by atoms with Crippen molar-refractivity contribution < 1.29 is 25.2 Å². The van der Waals surface area contributed by atoms with Crippen LogP contribution in [0, 0.1) is 0 Å². The van der Waals surface area contributed by atoms with Gasteiger partial charge in [0.1, 0.15) is 11.3 Å². The minimum absolute atomic E-state index is 0.116. The van der Waals surface area contributed by atoms with Crippen molar-refractivity contribution in [1.29, 1.82) is 0 Å². The second kappa shape index (κ2) is 8.82. The van der Waals surface area contributed by atoms with Crippen molar-refractivity contribution in [2.24, 2.45) is 0 Å². The van der Waals surface area contributed by atoms with Crippen molar-refractivity contribution >= 4 is 12.2 Å². The highest BCUT2D eigenvalue weighted by Gasteiger charge is 2.46. The molecule has 1 aliphatic rings. The van der Waals surface area contributed by atoms with Gasteiger partial charge >= 0.3 is 12.2 Å². The first kappa shape index (κ1) is 20.5. The summed E-state index contributed by atoms with van der Waals surface area (Å²) in [6.07, 6.45) is -1.18. The Kier molecular flexibility index (Phi) is 6.44. The van der Waals surface area contributed by atoms with Gasteiger partial charge in [-0.05, 0) is 47.1 Å². The van der Waals surface area contributed by atoms with E-state index in [9.17, 15) is 9.59 Å². The van der Waals surface area contributed by atoms with E-state index in [4.69, 9.17) is 15.6 Å². The van der Waals surface area contributed by atoms with Gasteiger partial charge in [-0.25, -0.2) is 9.59 Å². The third-order valence-electron chi connectivity index (χ3n) is 4.16. The number of ether oxygens (including phenoxy) is 3. The van der Waals surface area contributed by atoms with Gasteiger partial charge < -0.3 is 19.1 Å². The zero-order valence-electron chi connectivity index (χ0n) is 18.6. The monoisotopic (exact) mass is 393 g/mol. The van der Waals surface area contributed by atoms with Crippen molar-refractivity contribution in [1.82, 2.24) is 9.80 Å². The van der Waals surface area contributed by atoms with Crippen molar-refractivity contribution in [2.45, 2.75) is 65.5 Å². The van der Waals surface area contributed by atoms with E-state index >= 15 is 0 Å². The van der Waals surface area contributed by atoms with Crippen molar-refractivity contribution in [2.75, 3.05) is 19.7 Å². The first-order valence-corrected chi connectivity index (χ1v) is 9.52. The summed E-state index contributed by atoms with van der Waals surface area (Å²) in [6, 6.07) is 8.67. The molecular weight excluding hydrogens is 360 g/mol. The molecule has 1 aromatic carbocycles. The number of hydrogen-bond acceptors (Lipinski definition) is 5. The third kappa shape index (κ3) is 5.86. The van der Waals surface area contributed by atoms with Gasteiger partial charge in [0.25, 0.3) is 0 Å². The van der Waals surface area contributed by atoms with E-state index in [0.29, 0.717) is 0 Å². The first-order valence-electron chi connectivity index (χ1n) is 10.1. The Morgan fingerprint density at radius 3 is 2.54 bits per heavy atom. The lowest BCUT2D eigenvalue weighted by Gasteiger charge is -2.36. The number of benzene rings is 1. The summed E-state index contributed by atoms with van der Waals surface area (Å²) in [5.74, 6) is 0. The number of amides is 2. The summed E-state index contributed by atoms with van der Waals surface area (Å²) in [5, 5.41) is 0. The van der Waals surface area contributed by atoms with Gasteiger partial charge in [-0.3, -0.25) is 4.90 Å². The van der Waals surface area contributed by atoms with E-state index in [-0.39, 0.29) is 19.8 Å². The molecule has 2 atom stereocenters. The Balaban J connectivity index is 2.30. The zero-order valence-corrected chi connectivity index (χ0v) is 17.6. The number of hydrogen-bond donors (Lipinski definition) is 0. The minimum atomic E-state index is -1.09. The quantitative estimate of drug-likeness (QED) is 0.756. The molecule has 0 aliphatic carbocycles. The van der Waals surface area contributed by atoms with E-state index in [1.807, 2.05) is 30.3 Å². The smallest absolute Gasteiger partial charge is 0.412 e. The maximum atomic E-state index is 12.9. The average Bonchev–Trinajstić information content (AvgIpc) is 2.94. The molecule has 0 N–H and O–H groups in total. The predicted molar refractivity (Wildman–Crippen MR) is 106 cm³/mol. The topological polar surface area (TPSA) is 68.3 Å². The van der Waals surface area contributed by atoms with Gasteiger partial charge in [0.05, 0.1) is 20.6 Å². The number of rotatable bonds is 5. The highest BCUT2D eigenvalue weighted by Crippen LogP contribution is 2.30. The number of carbonyl (C=O) groups is 2. The van der Waals surface area contributed by atoms with Gasteiger partial charge in [-0.2, -0.15) is 0 Å². The van der Waals surface area contributed by atoms with Crippen LogP contribution >= 0.6 is 0 Å². The Hall–Kier alpha value is -2.28. The molecule has 0 saturated carbocycles. The largest absolute Gasteiger partial charge is 0.450 e. The van der Waals surface area contributed by atoms with Crippen molar-refractivity contribution in [3.8, 4) is 0 Å². The fraction of sp³-hybridized carbons (Fsp3) is 0.619. The minimum Gasteiger partial charge on any atom is -0.450 e. The summed E-state index contributed by atoms with van der Waals surface area (Å²) in [4.78, 5) is 28.2. The van der Waals surface area contributed by atoms with Crippen LogP contribution in [0.5, 0.6) is 0 Å². The SMILES string of the molecule is [2H][C@@H]([C@@H]1COC(C)(C)N1C(=O)OC(C)(C)C)N(Cc1ccccc1)C(=O)OCC. The molecule has 0 bridgehead atoms. The maximum absolute atomic E-state index is 12.9. The van der Waals surface area contributed by atoms with E-state index in [2.05, 4.69) is 0 Å². The molecule has 2 rings (SSSR count). The van der Waals surface area contributed by atoms with Crippen LogP contribution in [0.15, 0.2) is 30.3 Å². The second-order valence-electron chi connectivity index (χ2n) is 8.14. The lowest BCUT2D eigenvalue weighted by Crippen LogP contribution is -2.53. The summed E-state index contributed by atoms with van der Waals surface area (Å²) in [5.41, 5.74) is -0.790. The fourth-order valence-corrected chi connectivity index (χ4v) is 2.98. The molecule has 7 heteroatoms. The average molecular weight is 394 g/mol.